The standard InChI is InChI=1S/C14H21FN2O/c1-13(2)6-8-14(18,9-7-13)10-16-12-5-3-4-11(15)17-12/h3-5,18H,6-10H2,1-2H3,(H,16,17). The van der Waals surface area contributed by atoms with Crippen LogP contribution in [0, 0.1) is 11.4 Å². The monoisotopic (exact) mass is 252 g/mol. The maximum Gasteiger partial charge on any atom is 0.214 e. The van der Waals surface area contributed by atoms with Crippen molar-refractivity contribution in [2.45, 2.75) is 45.1 Å². The molecule has 1 aromatic rings. The minimum atomic E-state index is -0.691. The number of hydrogen-bond donors (Lipinski definition) is 2. The average Bonchev–Trinajstić information content (AvgIpc) is 2.32. The zero-order chi connectivity index (χ0) is 13.2. The van der Waals surface area contributed by atoms with Crippen molar-refractivity contribution in [3.8, 4) is 0 Å². The summed E-state index contributed by atoms with van der Waals surface area (Å²) >= 11 is 0. The van der Waals surface area contributed by atoms with Crippen LogP contribution in [0.2, 0.25) is 0 Å². The highest BCUT2D eigenvalue weighted by Gasteiger charge is 2.36. The molecule has 0 saturated heterocycles. The molecule has 0 spiro atoms. The Morgan fingerprint density at radius 2 is 1.94 bits per heavy atom. The summed E-state index contributed by atoms with van der Waals surface area (Å²) < 4.78 is 12.9. The third-order valence-corrected chi connectivity index (χ3v) is 3.85. The molecule has 0 bridgehead atoms. The van der Waals surface area contributed by atoms with Crippen LogP contribution in [0.4, 0.5) is 10.2 Å². The molecular formula is C14H21FN2O. The number of aromatic nitrogens is 1. The summed E-state index contributed by atoms with van der Waals surface area (Å²) in [7, 11) is 0. The van der Waals surface area contributed by atoms with E-state index in [0.29, 0.717) is 17.8 Å². The van der Waals surface area contributed by atoms with Gasteiger partial charge >= 0.3 is 0 Å². The lowest BCUT2D eigenvalue weighted by molar-refractivity contribution is -0.0146. The summed E-state index contributed by atoms with van der Waals surface area (Å²) in [5.74, 6) is -0.0231. The fraction of sp³-hybridized carbons (Fsp3) is 0.643. The number of rotatable bonds is 3. The first-order valence-corrected chi connectivity index (χ1v) is 6.48. The Labute approximate surface area is 107 Å². The van der Waals surface area contributed by atoms with Gasteiger partial charge in [0.25, 0.3) is 0 Å². The summed E-state index contributed by atoms with van der Waals surface area (Å²) in [6, 6.07) is 4.63. The number of pyridine rings is 1. The second-order valence-corrected chi connectivity index (χ2v) is 6.09. The van der Waals surface area contributed by atoms with Gasteiger partial charge in [0.05, 0.1) is 5.60 Å². The zero-order valence-corrected chi connectivity index (χ0v) is 11.0. The molecule has 0 atom stereocenters. The maximum atomic E-state index is 12.9. The molecule has 3 nitrogen and oxygen atoms in total. The quantitative estimate of drug-likeness (QED) is 0.813. The van der Waals surface area contributed by atoms with E-state index in [2.05, 4.69) is 24.1 Å². The van der Waals surface area contributed by atoms with E-state index in [1.165, 1.54) is 6.07 Å². The SMILES string of the molecule is CC1(C)CCC(O)(CNc2cccc(F)n2)CC1. The molecule has 1 aliphatic rings. The highest BCUT2D eigenvalue weighted by atomic mass is 19.1. The van der Waals surface area contributed by atoms with E-state index < -0.39 is 11.5 Å². The first-order valence-electron chi connectivity index (χ1n) is 6.48. The number of anilines is 1. The molecular weight excluding hydrogens is 231 g/mol. The van der Waals surface area contributed by atoms with Crippen molar-refractivity contribution in [1.29, 1.82) is 0 Å². The Morgan fingerprint density at radius 1 is 1.28 bits per heavy atom. The van der Waals surface area contributed by atoms with Crippen molar-refractivity contribution < 1.29 is 9.50 Å². The van der Waals surface area contributed by atoms with Gasteiger partial charge in [0.1, 0.15) is 5.82 Å². The molecule has 1 fully saturated rings. The minimum absolute atomic E-state index is 0.323. The van der Waals surface area contributed by atoms with Gasteiger partial charge in [0, 0.05) is 6.54 Å². The fourth-order valence-corrected chi connectivity index (χ4v) is 2.33. The van der Waals surface area contributed by atoms with Crippen molar-refractivity contribution in [3.05, 3.63) is 24.1 Å². The molecule has 4 heteroatoms. The Kier molecular flexibility index (Phi) is 3.57. The van der Waals surface area contributed by atoms with E-state index in [0.717, 1.165) is 25.7 Å². The first kappa shape index (κ1) is 13.3. The number of nitrogens with one attached hydrogen (secondary N) is 1. The third kappa shape index (κ3) is 3.42. The number of halogens is 1. The van der Waals surface area contributed by atoms with E-state index in [1.807, 2.05) is 0 Å². The zero-order valence-electron chi connectivity index (χ0n) is 11.0. The van der Waals surface area contributed by atoms with E-state index in [1.54, 1.807) is 12.1 Å². The van der Waals surface area contributed by atoms with Crippen LogP contribution in [-0.2, 0) is 0 Å². The minimum Gasteiger partial charge on any atom is -0.388 e. The van der Waals surface area contributed by atoms with Gasteiger partial charge in [0.15, 0.2) is 0 Å². The molecule has 1 aromatic heterocycles. The summed E-state index contributed by atoms with van der Waals surface area (Å²) in [4.78, 5) is 3.73. The largest absolute Gasteiger partial charge is 0.388 e. The second-order valence-electron chi connectivity index (χ2n) is 6.09. The Hall–Kier alpha value is -1.16. The lowest BCUT2D eigenvalue weighted by atomic mass is 9.71. The van der Waals surface area contributed by atoms with Crippen LogP contribution >= 0.6 is 0 Å². The van der Waals surface area contributed by atoms with E-state index in [9.17, 15) is 9.50 Å². The molecule has 2 N–H and O–H groups in total. The second kappa shape index (κ2) is 4.84. The van der Waals surface area contributed by atoms with E-state index >= 15 is 0 Å². The first-order chi connectivity index (χ1) is 8.39. The van der Waals surface area contributed by atoms with Crippen molar-refractivity contribution in [3.63, 3.8) is 0 Å². The molecule has 100 valence electrons. The average molecular weight is 252 g/mol. The highest BCUT2D eigenvalue weighted by Crippen LogP contribution is 2.40. The number of hydrogen-bond acceptors (Lipinski definition) is 3. The van der Waals surface area contributed by atoms with Crippen LogP contribution in [0.1, 0.15) is 39.5 Å². The smallest absolute Gasteiger partial charge is 0.214 e. The van der Waals surface area contributed by atoms with Gasteiger partial charge < -0.3 is 10.4 Å². The summed E-state index contributed by atoms with van der Waals surface area (Å²) in [5.41, 5.74) is -0.368. The van der Waals surface area contributed by atoms with E-state index in [-0.39, 0.29) is 0 Å². The van der Waals surface area contributed by atoms with Crippen molar-refractivity contribution >= 4 is 5.82 Å². The molecule has 0 amide bonds. The molecule has 0 radical (unpaired) electrons. The predicted octanol–water partition coefficient (Wildman–Crippen LogP) is 2.96. The van der Waals surface area contributed by atoms with Crippen LogP contribution in [0.15, 0.2) is 18.2 Å². The lowest BCUT2D eigenvalue weighted by Crippen LogP contribution is -2.42. The van der Waals surface area contributed by atoms with Gasteiger partial charge in [-0.25, -0.2) is 4.98 Å². The fourth-order valence-electron chi connectivity index (χ4n) is 2.33. The van der Waals surface area contributed by atoms with E-state index in [4.69, 9.17) is 0 Å². The van der Waals surface area contributed by atoms with Crippen molar-refractivity contribution in [2.75, 3.05) is 11.9 Å². The Balaban J connectivity index is 1.90. The topological polar surface area (TPSA) is 45.1 Å². The Bertz CT molecular complexity index is 410. The van der Waals surface area contributed by atoms with Gasteiger partial charge in [-0.1, -0.05) is 19.9 Å². The van der Waals surface area contributed by atoms with Gasteiger partial charge in [-0.15, -0.1) is 0 Å². The van der Waals surface area contributed by atoms with Crippen LogP contribution in [-0.4, -0.2) is 22.2 Å². The van der Waals surface area contributed by atoms with Crippen LogP contribution in [0.3, 0.4) is 0 Å². The van der Waals surface area contributed by atoms with Crippen molar-refractivity contribution in [1.82, 2.24) is 4.98 Å². The van der Waals surface area contributed by atoms with Gasteiger partial charge in [-0.05, 0) is 43.2 Å². The maximum absolute atomic E-state index is 12.9. The molecule has 1 heterocycles. The molecule has 0 aromatic carbocycles. The summed E-state index contributed by atoms with van der Waals surface area (Å²) in [6.45, 7) is 4.89. The van der Waals surface area contributed by atoms with Crippen LogP contribution in [0.25, 0.3) is 0 Å². The molecule has 1 saturated carbocycles. The molecule has 1 aliphatic carbocycles. The highest BCUT2D eigenvalue weighted by molar-refractivity contribution is 5.34. The Morgan fingerprint density at radius 3 is 2.56 bits per heavy atom. The number of aliphatic hydroxyl groups is 1. The molecule has 0 aliphatic heterocycles. The molecule has 2 rings (SSSR count). The summed E-state index contributed by atoms with van der Waals surface area (Å²) in [6.07, 6.45) is 3.59. The van der Waals surface area contributed by atoms with Crippen LogP contribution in [0.5, 0.6) is 0 Å². The lowest BCUT2D eigenvalue weighted by Gasteiger charge is -2.40. The van der Waals surface area contributed by atoms with Crippen molar-refractivity contribution in [2.24, 2.45) is 5.41 Å². The number of nitrogens with zero attached hydrogens (tertiary/aromatic N) is 1. The van der Waals surface area contributed by atoms with Gasteiger partial charge in [-0.3, -0.25) is 0 Å². The summed E-state index contributed by atoms with van der Waals surface area (Å²) in [5, 5.41) is 13.5. The van der Waals surface area contributed by atoms with Gasteiger partial charge in [0.2, 0.25) is 5.95 Å². The predicted molar refractivity (Wildman–Crippen MR) is 69.9 cm³/mol. The van der Waals surface area contributed by atoms with Gasteiger partial charge in [-0.2, -0.15) is 4.39 Å². The molecule has 0 unspecified atom stereocenters. The normalized spacial score (nSPS) is 21.6. The molecule has 18 heavy (non-hydrogen) atoms. The van der Waals surface area contributed by atoms with Crippen LogP contribution < -0.4 is 5.32 Å². The third-order valence-electron chi connectivity index (χ3n) is 3.85.